The zero-order chi connectivity index (χ0) is 18.9. The van der Waals surface area contributed by atoms with E-state index in [-0.39, 0.29) is 12.0 Å². The van der Waals surface area contributed by atoms with Gasteiger partial charge in [0.25, 0.3) is 0 Å². The summed E-state index contributed by atoms with van der Waals surface area (Å²) in [5.41, 5.74) is 9.83. The lowest BCUT2D eigenvalue weighted by Gasteiger charge is -2.20. The molecule has 2 aromatic heterocycles. The Kier molecular flexibility index (Phi) is 8.15. The summed E-state index contributed by atoms with van der Waals surface area (Å²) in [6.07, 6.45) is 9.35. The number of nitrogens with zero attached hydrogens (tertiary/aromatic N) is 2. The van der Waals surface area contributed by atoms with Crippen molar-refractivity contribution in [3.8, 4) is 0 Å². The van der Waals surface area contributed by atoms with Crippen LogP contribution in [0, 0.1) is 5.92 Å². The van der Waals surface area contributed by atoms with Crippen LogP contribution in [0.5, 0.6) is 0 Å². The molecule has 2 heterocycles. The number of hydrogen-bond donors (Lipinski definition) is 4. The van der Waals surface area contributed by atoms with Crippen molar-refractivity contribution in [1.82, 2.24) is 20.3 Å². The number of nitrogens with one attached hydrogen (secondary N) is 2. The molecule has 0 radical (unpaired) electrons. The van der Waals surface area contributed by atoms with E-state index in [1.54, 1.807) is 0 Å². The minimum absolute atomic E-state index is 0.189. The number of aliphatic hydroxyl groups excluding tert-OH is 1. The minimum atomic E-state index is -0.355. The number of nitrogens with two attached hydrogens (primary N) is 1. The zero-order valence-electron chi connectivity index (χ0n) is 15.7. The number of allylic oxidation sites excluding steroid dienone is 3. The van der Waals surface area contributed by atoms with Gasteiger partial charge in [0.05, 0.1) is 11.6 Å². The Morgan fingerprint density at radius 3 is 2.92 bits per heavy atom. The number of hydrogen-bond acceptors (Lipinski definition) is 6. The lowest BCUT2D eigenvalue weighted by molar-refractivity contribution is 0.136. The average Bonchev–Trinajstić information content (AvgIpc) is 3.04. The molecule has 0 saturated heterocycles. The van der Waals surface area contributed by atoms with Crippen LogP contribution in [0.3, 0.4) is 0 Å². The molecule has 6 nitrogen and oxygen atoms in total. The SMILES string of the molecule is CC=CC(=CC)CSCC(CNCc1c[nH]c2c(N)ncnc12)C(C)O. The van der Waals surface area contributed by atoms with E-state index in [0.717, 1.165) is 34.6 Å². The van der Waals surface area contributed by atoms with Gasteiger partial charge < -0.3 is 21.1 Å². The normalized spacial score (nSPS) is 15.0. The van der Waals surface area contributed by atoms with Crippen molar-refractivity contribution in [3.05, 3.63) is 41.9 Å². The monoisotopic (exact) mass is 375 g/mol. The van der Waals surface area contributed by atoms with Crippen LogP contribution in [0.25, 0.3) is 11.0 Å². The molecule has 7 heteroatoms. The molecule has 2 atom stereocenters. The number of anilines is 1. The van der Waals surface area contributed by atoms with Gasteiger partial charge in [-0.3, -0.25) is 0 Å². The van der Waals surface area contributed by atoms with Gasteiger partial charge >= 0.3 is 0 Å². The van der Waals surface area contributed by atoms with E-state index >= 15 is 0 Å². The molecule has 0 fully saturated rings. The molecule has 0 bridgehead atoms. The Morgan fingerprint density at radius 1 is 1.42 bits per heavy atom. The third-order valence-corrected chi connectivity index (χ3v) is 5.53. The second kappa shape index (κ2) is 10.4. The first kappa shape index (κ1) is 20.5. The number of H-pyrrole nitrogens is 1. The van der Waals surface area contributed by atoms with Crippen molar-refractivity contribution < 1.29 is 5.11 Å². The van der Waals surface area contributed by atoms with E-state index in [2.05, 4.69) is 45.4 Å². The van der Waals surface area contributed by atoms with Crippen LogP contribution in [0.15, 0.2) is 36.3 Å². The lowest BCUT2D eigenvalue weighted by atomic mass is 10.1. The highest BCUT2D eigenvalue weighted by atomic mass is 32.2. The van der Waals surface area contributed by atoms with Gasteiger partial charge in [0.2, 0.25) is 0 Å². The molecule has 0 aliphatic carbocycles. The molecule has 0 aromatic carbocycles. The number of thioether (sulfide) groups is 1. The summed E-state index contributed by atoms with van der Waals surface area (Å²) in [4.78, 5) is 11.4. The van der Waals surface area contributed by atoms with Gasteiger partial charge in [0, 0.05) is 42.3 Å². The molecule has 0 amide bonds. The molecule has 0 aliphatic rings. The Labute approximate surface area is 159 Å². The average molecular weight is 376 g/mol. The second-order valence-corrected chi connectivity index (χ2v) is 7.34. The van der Waals surface area contributed by atoms with Crippen molar-refractivity contribution in [1.29, 1.82) is 0 Å². The molecule has 5 N–H and O–H groups in total. The minimum Gasteiger partial charge on any atom is -0.393 e. The van der Waals surface area contributed by atoms with Crippen LogP contribution >= 0.6 is 11.8 Å². The van der Waals surface area contributed by atoms with Crippen LogP contribution in [0.4, 0.5) is 5.82 Å². The maximum Gasteiger partial charge on any atom is 0.151 e. The van der Waals surface area contributed by atoms with Crippen LogP contribution in [0.2, 0.25) is 0 Å². The van der Waals surface area contributed by atoms with Crippen LogP contribution in [-0.4, -0.2) is 44.2 Å². The summed E-state index contributed by atoms with van der Waals surface area (Å²) in [5.74, 6) is 2.51. The molecular weight excluding hydrogens is 346 g/mol. The number of aliphatic hydroxyl groups is 1. The number of aromatic amines is 1. The molecule has 0 spiro atoms. The molecule has 2 rings (SSSR count). The maximum absolute atomic E-state index is 10.1. The van der Waals surface area contributed by atoms with Gasteiger partial charge in [-0.1, -0.05) is 18.2 Å². The quantitative estimate of drug-likeness (QED) is 0.477. The molecule has 2 aromatic rings. The van der Waals surface area contributed by atoms with Crippen LogP contribution in [-0.2, 0) is 6.54 Å². The van der Waals surface area contributed by atoms with Crippen molar-refractivity contribution in [2.24, 2.45) is 5.92 Å². The third kappa shape index (κ3) is 5.59. The Balaban J connectivity index is 1.85. The molecule has 142 valence electrons. The van der Waals surface area contributed by atoms with Crippen LogP contribution < -0.4 is 11.1 Å². The van der Waals surface area contributed by atoms with E-state index in [9.17, 15) is 5.11 Å². The number of fused-ring (bicyclic) bond motifs is 1. The Morgan fingerprint density at radius 2 is 2.23 bits per heavy atom. The fraction of sp³-hybridized carbons (Fsp3) is 0.474. The maximum atomic E-state index is 10.1. The zero-order valence-corrected chi connectivity index (χ0v) is 16.5. The Hall–Kier alpha value is -1.83. The molecular formula is C19H29N5OS. The summed E-state index contributed by atoms with van der Waals surface area (Å²) < 4.78 is 0. The van der Waals surface area contributed by atoms with E-state index in [0.29, 0.717) is 12.4 Å². The van der Waals surface area contributed by atoms with Crippen molar-refractivity contribution in [2.45, 2.75) is 33.4 Å². The van der Waals surface area contributed by atoms with Crippen molar-refractivity contribution >= 4 is 28.6 Å². The van der Waals surface area contributed by atoms with E-state index in [1.165, 1.54) is 11.9 Å². The summed E-state index contributed by atoms with van der Waals surface area (Å²) in [6, 6.07) is 0. The smallest absolute Gasteiger partial charge is 0.151 e. The van der Waals surface area contributed by atoms with E-state index in [1.807, 2.05) is 31.8 Å². The van der Waals surface area contributed by atoms with Crippen LogP contribution in [0.1, 0.15) is 26.3 Å². The first-order valence-electron chi connectivity index (χ1n) is 8.87. The largest absolute Gasteiger partial charge is 0.393 e. The first-order chi connectivity index (χ1) is 12.6. The van der Waals surface area contributed by atoms with Gasteiger partial charge in [-0.25, -0.2) is 9.97 Å². The fourth-order valence-electron chi connectivity index (χ4n) is 2.68. The summed E-state index contributed by atoms with van der Waals surface area (Å²) >= 11 is 1.85. The highest BCUT2D eigenvalue weighted by Crippen LogP contribution is 2.19. The first-order valence-corrected chi connectivity index (χ1v) is 10.0. The summed E-state index contributed by atoms with van der Waals surface area (Å²) in [5, 5.41) is 13.5. The second-order valence-electron chi connectivity index (χ2n) is 6.31. The predicted octanol–water partition coefficient (Wildman–Crippen LogP) is 2.88. The fourth-order valence-corrected chi connectivity index (χ4v) is 3.99. The lowest BCUT2D eigenvalue weighted by Crippen LogP contribution is -2.31. The van der Waals surface area contributed by atoms with Crippen molar-refractivity contribution in [2.75, 3.05) is 23.8 Å². The molecule has 0 aliphatic heterocycles. The van der Waals surface area contributed by atoms with E-state index < -0.39 is 0 Å². The standard InChI is InChI=1S/C19H29N5OS/c1-4-6-14(5-2)10-26-11-16(13(3)25)8-21-7-15-9-22-18-17(15)23-12-24-19(18)20/h4-6,9,12-13,16,21-22,25H,7-8,10-11H2,1-3H3,(H2,20,23,24). The molecule has 26 heavy (non-hydrogen) atoms. The highest BCUT2D eigenvalue weighted by Gasteiger charge is 2.15. The number of nitrogen functional groups attached to an aromatic ring is 1. The Bertz CT molecular complexity index is 753. The van der Waals surface area contributed by atoms with Gasteiger partial charge in [-0.2, -0.15) is 11.8 Å². The van der Waals surface area contributed by atoms with Crippen molar-refractivity contribution in [3.63, 3.8) is 0 Å². The van der Waals surface area contributed by atoms with Gasteiger partial charge in [-0.15, -0.1) is 0 Å². The predicted molar refractivity (Wildman–Crippen MR) is 111 cm³/mol. The number of rotatable bonds is 10. The molecule has 0 saturated carbocycles. The van der Waals surface area contributed by atoms with Gasteiger partial charge in [0.15, 0.2) is 5.82 Å². The van der Waals surface area contributed by atoms with E-state index in [4.69, 9.17) is 5.73 Å². The highest BCUT2D eigenvalue weighted by molar-refractivity contribution is 7.99. The summed E-state index contributed by atoms with van der Waals surface area (Å²) in [7, 11) is 0. The van der Waals surface area contributed by atoms with Gasteiger partial charge in [0.1, 0.15) is 11.8 Å². The molecule has 2 unspecified atom stereocenters. The van der Waals surface area contributed by atoms with Gasteiger partial charge in [-0.05, 0) is 26.3 Å². The number of aromatic nitrogens is 3. The third-order valence-electron chi connectivity index (χ3n) is 4.33. The summed E-state index contributed by atoms with van der Waals surface area (Å²) in [6.45, 7) is 7.35. The topological polar surface area (TPSA) is 99.9 Å².